The number of carbonyl (C=O) groups excluding carboxylic acids is 1. The number of nitriles is 1. The van der Waals surface area contributed by atoms with E-state index in [1.807, 2.05) is 61.6 Å². The van der Waals surface area contributed by atoms with E-state index in [2.05, 4.69) is 39.3 Å². The van der Waals surface area contributed by atoms with E-state index in [0.29, 0.717) is 23.9 Å². The molecule has 1 atom stereocenters. The van der Waals surface area contributed by atoms with Crippen LogP contribution in [0.4, 0.5) is 26.5 Å². The normalized spacial score (nSPS) is 15.0. The van der Waals surface area contributed by atoms with Crippen molar-refractivity contribution in [3.8, 4) is 6.07 Å². The highest BCUT2D eigenvalue weighted by molar-refractivity contribution is 5.85. The Hall–Kier alpha value is -3.87. The molecule has 0 saturated carbocycles. The van der Waals surface area contributed by atoms with Gasteiger partial charge in [0.2, 0.25) is 0 Å². The first-order chi connectivity index (χ1) is 20.0. The van der Waals surface area contributed by atoms with E-state index in [-0.39, 0.29) is 11.6 Å². The number of anilines is 3. The average molecular weight is 584 g/mol. The first-order valence-corrected chi connectivity index (χ1v) is 14.9. The quantitative estimate of drug-likeness (QED) is 0.346. The van der Waals surface area contributed by atoms with Crippen molar-refractivity contribution in [1.29, 1.82) is 5.26 Å². The van der Waals surface area contributed by atoms with Gasteiger partial charge in [0.1, 0.15) is 35.5 Å². The van der Waals surface area contributed by atoms with Gasteiger partial charge >= 0.3 is 6.09 Å². The van der Waals surface area contributed by atoms with Crippen molar-refractivity contribution in [2.75, 3.05) is 37.4 Å². The Kier molecular flexibility index (Phi) is 14.8. The van der Waals surface area contributed by atoms with Gasteiger partial charge in [-0.2, -0.15) is 5.26 Å². The number of hydrogen-bond donors (Lipinski definition) is 2. The van der Waals surface area contributed by atoms with Crippen LogP contribution in [-0.2, 0) is 4.74 Å². The summed E-state index contributed by atoms with van der Waals surface area (Å²) in [5.74, 6) is 0.647. The Balaban J connectivity index is 0.00000211. The molecule has 2 aromatic rings. The van der Waals surface area contributed by atoms with E-state index in [9.17, 15) is 9.18 Å². The molecule has 0 spiro atoms. The third-order valence-corrected chi connectivity index (χ3v) is 6.47. The minimum atomic E-state index is -0.589. The van der Waals surface area contributed by atoms with Crippen LogP contribution in [-0.4, -0.2) is 59.8 Å². The summed E-state index contributed by atoms with van der Waals surface area (Å²) < 4.78 is 20.0. The number of likely N-dealkylation sites (tertiary alicyclic amines) is 1. The number of alkyl carbamates (subject to hydrolysis) is 1. The SMILES string of the molecule is CC.CC.CCC(C)=C(c1c(NC)ncnc1N(C)c1ccc(C#N)c(F)c1)N1CCCC(NC(=O)OC(C)(C)C)C1. The maximum Gasteiger partial charge on any atom is 0.407 e. The van der Waals surface area contributed by atoms with E-state index >= 15 is 0 Å². The number of nitrogens with one attached hydrogen (secondary N) is 2. The number of aromatic nitrogens is 2. The van der Waals surface area contributed by atoms with Crippen LogP contribution in [0.25, 0.3) is 5.70 Å². The third-order valence-electron chi connectivity index (χ3n) is 6.47. The summed E-state index contributed by atoms with van der Waals surface area (Å²) in [6, 6.07) is 6.27. The zero-order chi connectivity index (χ0) is 32.0. The molecule has 0 aliphatic carbocycles. The number of nitrogens with zero attached hydrogens (tertiary/aromatic N) is 5. The van der Waals surface area contributed by atoms with Gasteiger partial charge in [-0.3, -0.25) is 0 Å². The van der Waals surface area contributed by atoms with Crippen molar-refractivity contribution in [2.45, 2.75) is 93.2 Å². The summed E-state index contributed by atoms with van der Waals surface area (Å²) in [5.41, 5.74) is 2.87. The third kappa shape index (κ3) is 9.61. The molecular formula is C32H50FN7O2. The van der Waals surface area contributed by atoms with Crippen LogP contribution in [0.3, 0.4) is 0 Å². The topological polar surface area (TPSA) is 106 Å². The van der Waals surface area contributed by atoms with Gasteiger partial charge < -0.3 is 25.2 Å². The second kappa shape index (κ2) is 17.2. The molecule has 1 aromatic carbocycles. The second-order valence-corrected chi connectivity index (χ2v) is 10.4. The van der Waals surface area contributed by atoms with Gasteiger partial charge in [-0.1, -0.05) is 34.6 Å². The van der Waals surface area contributed by atoms with Gasteiger partial charge in [-0.25, -0.2) is 19.2 Å². The van der Waals surface area contributed by atoms with Crippen LogP contribution in [0.2, 0.25) is 0 Å². The molecule has 1 amide bonds. The molecule has 1 fully saturated rings. The van der Waals surface area contributed by atoms with E-state index in [4.69, 9.17) is 10.00 Å². The Labute approximate surface area is 252 Å². The molecule has 2 heterocycles. The Morgan fingerprint density at radius 1 is 1.24 bits per heavy atom. The summed E-state index contributed by atoms with van der Waals surface area (Å²) in [7, 11) is 3.62. The number of ether oxygens (including phenoxy) is 1. The van der Waals surface area contributed by atoms with Crippen molar-refractivity contribution < 1.29 is 13.9 Å². The Morgan fingerprint density at radius 2 is 1.90 bits per heavy atom. The minimum absolute atomic E-state index is 0.0137. The van der Waals surface area contributed by atoms with Crippen molar-refractivity contribution in [1.82, 2.24) is 20.2 Å². The number of piperidine rings is 1. The van der Waals surface area contributed by atoms with Crippen molar-refractivity contribution in [2.24, 2.45) is 0 Å². The van der Waals surface area contributed by atoms with Crippen molar-refractivity contribution in [3.05, 3.63) is 47.0 Å². The van der Waals surface area contributed by atoms with Gasteiger partial charge in [0.05, 0.1) is 16.8 Å². The lowest BCUT2D eigenvalue weighted by Crippen LogP contribution is -2.48. The lowest BCUT2D eigenvalue weighted by atomic mass is 9.99. The lowest BCUT2D eigenvalue weighted by Gasteiger charge is -2.38. The lowest BCUT2D eigenvalue weighted by molar-refractivity contribution is 0.0484. The van der Waals surface area contributed by atoms with Crippen LogP contribution in [0.5, 0.6) is 0 Å². The fourth-order valence-electron chi connectivity index (χ4n) is 4.54. The van der Waals surface area contributed by atoms with E-state index in [0.717, 1.165) is 42.6 Å². The van der Waals surface area contributed by atoms with E-state index < -0.39 is 17.5 Å². The zero-order valence-corrected chi connectivity index (χ0v) is 27.4. The Morgan fingerprint density at radius 3 is 2.45 bits per heavy atom. The molecule has 1 saturated heterocycles. The predicted molar refractivity (Wildman–Crippen MR) is 170 cm³/mol. The number of allylic oxidation sites excluding steroid dienone is 1. The maximum absolute atomic E-state index is 14.5. The highest BCUT2D eigenvalue weighted by Gasteiger charge is 2.30. The van der Waals surface area contributed by atoms with Crippen LogP contribution in [0.1, 0.15) is 92.7 Å². The summed E-state index contributed by atoms with van der Waals surface area (Å²) in [5, 5.41) is 15.4. The zero-order valence-electron chi connectivity index (χ0n) is 27.4. The molecule has 1 aliphatic rings. The van der Waals surface area contributed by atoms with Gasteiger partial charge in [0.15, 0.2) is 0 Å². The summed E-state index contributed by atoms with van der Waals surface area (Å²) in [6.07, 6.45) is 3.57. The monoisotopic (exact) mass is 583 g/mol. The largest absolute Gasteiger partial charge is 0.444 e. The average Bonchev–Trinajstić information content (AvgIpc) is 2.98. The molecule has 1 aromatic heterocycles. The van der Waals surface area contributed by atoms with Gasteiger partial charge in [0, 0.05) is 38.9 Å². The van der Waals surface area contributed by atoms with Crippen LogP contribution in [0.15, 0.2) is 30.1 Å². The van der Waals surface area contributed by atoms with Crippen LogP contribution < -0.4 is 15.5 Å². The first kappa shape index (κ1) is 36.2. The Bertz CT molecular complexity index is 1230. The predicted octanol–water partition coefficient (Wildman–Crippen LogP) is 7.48. The fraction of sp³-hybridized carbons (Fsp3) is 0.562. The number of carbonyl (C=O) groups is 1. The molecule has 1 unspecified atom stereocenters. The van der Waals surface area contributed by atoms with Gasteiger partial charge in [-0.05, 0) is 70.7 Å². The molecular weight excluding hydrogens is 533 g/mol. The minimum Gasteiger partial charge on any atom is -0.444 e. The van der Waals surface area contributed by atoms with Crippen molar-refractivity contribution in [3.63, 3.8) is 0 Å². The summed E-state index contributed by atoms with van der Waals surface area (Å²) >= 11 is 0. The number of hydrogen-bond acceptors (Lipinski definition) is 8. The van der Waals surface area contributed by atoms with Gasteiger partial charge in [-0.15, -0.1) is 0 Å². The molecule has 3 rings (SSSR count). The molecule has 10 heteroatoms. The standard InChI is InChI=1S/C28H38FN7O2.2C2H6/c1-8-18(2)24(36-13-9-10-20(16-36)34-27(37)38-28(3,4)5)23-25(31-6)32-17-33-26(23)35(7)21-12-11-19(15-30)22(29)14-21;2*1-2/h11-12,14,17,20H,8-10,13,16H2,1-7H3,(H,34,37)(H,31,32,33);2*1-2H3. The molecule has 2 N–H and O–H groups in total. The number of rotatable bonds is 7. The van der Waals surface area contributed by atoms with Crippen LogP contribution >= 0.6 is 0 Å². The fourth-order valence-corrected chi connectivity index (χ4v) is 4.54. The van der Waals surface area contributed by atoms with E-state index in [1.54, 1.807) is 18.0 Å². The van der Waals surface area contributed by atoms with Crippen LogP contribution in [0, 0.1) is 17.1 Å². The first-order valence-electron chi connectivity index (χ1n) is 14.9. The number of benzene rings is 1. The molecule has 9 nitrogen and oxygen atoms in total. The summed E-state index contributed by atoms with van der Waals surface area (Å²) in [6.45, 7) is 19.1. The second-order valence-electron chi connectivity index (χ2n) is 10.4. The molecule has 1 aliphatic heterocycles. The summed E-state index contributed by atoms with van der Waals surface area (Å²) in [4.78, 5) is 25.7. The highest BCUT2D eigenvalue weighted by atomic mass is 19.1. The number of amides is 1. The maximum atomic E-state index is 14.5. The van der Waals surface area contributed by atoms with Gasteiger partial charge in [0.25, 0.3) is 0 Å². The number of halogens is 1. The molecule has 42 heavy (non-hydrogen) atoms. The molecule has 232 valence electrons. The van der Waals surface area contributed by atoms with E-state index in [1.165, 1.54) is 18.5 Å². The highest BCUT2D eigenvalue weighted by Crippen LogP contribution is 2.38. The molecule has 0 radical (unpaired) electrons. The van der Waals surface area contributed by atoms with Crippen molar-refractivity contribution >= 4 is 29.1 Å². The molecule has 0 bridgehead atoms. The smallest absolute Gasteiger partial charge is 0.407 e.